The first-order valence-corrected chi connectivity index (χ1v) is 20.8. The van der Waals surface area contributed by atoms with Gasteiger partial charge in [-0.25, -0.2) is 0 Å². The lowest BCUT2D eigenvalue weighted by Crippen LogP contribution is -2.10. The zero-order valence-electron chi connectivity index (χ0n) is 33.2. The molecule has 0 aliphatic rings. The van der Waals surface area contributed by atoms with Crippen LogP contribution in [0.5, 0.6) is 0 Å². The van der Waals surface area contributed by atoms with Crippen LogP contribution in [0.3, 0.4) is 0 Å². The summed E-state index contributed by atoms with van der Waals surface area (Å²) in [6.07, 6.45) is 0. The quantitative estimate of drug-likeness (QED) is 0.161. The molecule has 0 atom stereocenters. The minimum atomic E-state index is 0.858. The predicted octanol–water partition coefficient (Wildman–Crippen LogP) is 16.3. The van der Waals surface area contributed by atoms with Crippen molar-refractivity contribution < 1.29 is 4.42 Å². The third kappa shape index (κ3) is 5.90. The summed E-state index contributed by atoms with van der Waals surface area (Å²) in [7, 11) is 0. The molecule has 0 unspecified atom stereocenters. The maximum Gasteiger partial charge on any atom is 0.159 e. The second-order valence-corrected chi connectivity index (χ2v) is 15.7. The highest BCUT2D eigenvalue weighted by Gasteiger charge is 2.21. The zero-order valence-corrected chi connectivity index (χ0v) is 33.2. The zero-order chi connectivity index (χ0) is 40.3. The van der Waals surface area contributed by atoms with Crippen molar-refractivity contribution in [2.75, 3.05) is 4.90 Å². The largest absolute Gasteiger partial charge is 0.453 e. The van der Waals surface area contributed by atoms with Crippen LogP contribution in [0.4, 0.5) is 17.1 Å². The van der Waals surface area contributed by atoms with E-state index >= 15 is 0 Å². The van der Waals surface area contributed by atoms with Gasteiger partial charge in [0.1, 0.15) is 5.58 Å². The van der Waals surface area contributed by atoms with Crippen LogP contribution in [0.1, 0.15) is 0 Å². The maximum absolute atomic E-state index is 6.93. The molecule has 286 valence electrons. The molecule has 0 N–H and O–H groups in total. The van der Waals surface area contributed by atoms with E-state index in [0.29, 0.717) is 0 Å². The van der Waals surface area contributed by atoms with Gasteiger partial charge in [-0.3, -0.25) is 0 Å². The number of nitrogens with zero attached hydrogens (tertiary/aromatic N) is 2. The van der Waals surface area contributed by atoms with Crippen molar-refractivity contribution in [2.24, 2.45) is 0 Å². The number of aromatic nitrogens is 1. The van der Waals surface area contributed by atoms with Gasteiger partial charge in [-0.1, -0.05) is 164 Å². The molecule has 0 aliphatic carbocycles. The fraction of sp³-hybridized carbons (Fsp3) is 0. The van der Waals surface area contributed by atoms with Crippen molar-refractivity contribution in [3.05, 3.63) is 231 Å². The number of rotatable bonds is 7. The van der Waals surface area contributed by atoms with Crippen molar-refractivity contribution >= 4 is 71.6 Å². The second kappa shape index (κ2) is 14.3. The average molecular weight is 779 g/mol. The first-order chi connectivity index (χ1) is 30.2. The van der Waals surface area contributed by atoms with Gasteiger partial charge in [-0.05, 0) is 105 Å². The summed E-state index contributed by atoms with van der Waals surface area (Å²) in [4.78, 5) is 2.33. The van der Waals surface area contributed by atoms with E-state index in [4.69, 9.17) is 4.42 Å². The molecule has 61 heavy (non-hydrogen) atoms. The molecule has 0 aliphatic heterocycles. The Morgan fingerprint density at radius 2 is 0.803 bits per heavy atom. The first-order valence-electron chi connectivity index (χ1n) is 20.8. The highest BCUT2D eigenvalue weighted by atomic mass is 16.3. The van der Waals surface area contributed by atoms with Crippen molar-refractivity contribution in [3.8, 4) is 39.1 Å². The fourth-order valence-electron chi connectivity index (χ4n) is 9.25. The minimum Gasteiger partial charge on any atom is -0.453 e. The van der Waals surface area contributed by atoms with E-state index in [-0.39, 0.29) is 0 Å². The lowest BCUT2D eigenvalue weighted by atomic mass is 9.99. The Morgan fingerprint density at radius 1 is 0.311 bits per heavy atom. The molecule has 0 saturated carbocycles. The Balaban J connectivity index is 0.973. The Hall–Kier alpha value is -8.14. The van der Waals surface area contributed by atoms with Crippen LogP contribution in [-0.2, 0) is 0 Å². The number of fused-ring (bicyclic) bond motifs is 8. The van der Waals surface area contributed by atoms with Crippen LogP contribution in [0.15, 0.2) is 235 Å². The average Bonchev–Trinajstić information content (AvgIpc) is 3.89. The van der Waals surface area contributed by atoms with Crippen LogP contribution in [0, 0.1) is 0 Å². The van der Waals surface area contributed by atoms with E-state index in [1.807, 2.05) is 0 Å². The summed E-state index contributed by atoms with van der Waals surface area (Å²) in [5.74, 6) is 0. The monoisotopic (exact) mass is 778 g/mol. The normalized spacial score (nSPS) is 11.6. The Bertz CT molecular complexity index is 3520. The SMILES string of the molecule is c1ccc(-c2cccc(-c3ccc(N(c4ccc(-c5cccc(-n6c7ccccc7c7ccccc76)c5)cc4)c4cccc5c4oc4c6ccccc6ccc54)cc3)c2)cc1. The maximum atomic E-state index is 6.93. The number of hydrogen-bond acceptors (Lipinski definition) is 2. The number of para-hydroxylation sites is 3. The van der Waals surface area contributed by atoms with E-state index in [0.717, 1.165) is 72.2 Å². The van der Waals surface area contributed by atoms with Crippen molar-refractivity contribution in [1.82, 2.24) is 4.57 Å². The van der Waals surface area contributed by atoms with Gasteiger partial charge in [-0.15, -0.1) is 0 Å². The molecule has 12 aromatic rings. The smallest absolute Gasteiger partial charge is 0.159 e. The molecule has 0 saturated heterocycles. The Morgan fingerprint density at radius 3 is 1.48 bits per heavy atom. The molecule has 0 bridgehead atoms. The molecule has 0 radical (unpaired) electrons. The second-order valence-electron chi connectivity index (χ2n) is 15.7. The Labute approximate surface area is 353 Å². The van der Waals surface area contributed by atoms with Crippen LogP contribution in [-0.4, -0.2) is 4.57 Å². The summed E-state index contributed by atoms with van der Waals surface area (Å²) in [6.45, 7) is 0. The molecule has 3 nitrogen and oxygen atoms in total. The van der Waals surface area contributed by atoms with Crippen LogP contribution >= 0.6 is 0 Å². The number of anilines is 3. The summed E-state index contributed by atoms with van der Waals surface area (Å²) in [6, 6.07) is 82.8. The van der Waals surface area contributed by atoms with Crippen molar-refractivity contribution in [3.63, 3.8) is 0 Å². The highest BCUT2D eigenvalue weighted by molar-refractivity contribution is 6.17. The number of hydrogen-bond donors (Lipinski definition) is 0. The molecular weight excluding hydrogens is 741 g/mol. The molecule has 0 spiro atoms. The summed E-state index contributed by atoms with van der Waals surface area (Å²) in [5.41, 5.74) is 15.4. The van der Waals surface area contributed by atoms with E-state index < -0.39 is 0 Å². The highest BCUT2D eigenvalue weighted by Crippen LogP contribution is 2.44. The molecule has 2 aromatic heterocycles. The van der Waals surface area contributed by atoms with E-state index in [1.54, 1.807) is 0 Å². The van der Waals surface area contributed by atoms with E-state index in [1.165, 1.54) is 38.5 Å². The molecule has 0 fully saturated rings. The molecular formula is C58H38N2O. The van der Waals surface area contributed by atoms with Gasteiger partial charge >= 0.3 is 0 Å². The topological polar surface area (TPSA) is 21.3 Å². The third-order valence-electron chi connectivity index (χ3n) is 12.2. The standard InChI is InChI=1S/C58H38N2O/c1-2-13-39(14-3-1)43-16-10-17-44(37-43)40-27-32-46(33-28-40)59(56-26-12-23-52-53-36-31-42-15-4-5-20-49(42)57(53)61-58(52)56)47-34-29-41(30-35-47)45-18-11-19-48(38-45)60-54-24-8-6-21-50(54)51-22-7-9-25-55(51)60/h1-38H. The summed E-state index contributed by atoms with van der Waals surface area (Å²) >= 11 is 0. The number of benzene rings is 10. The number of furan rings is 1. The van der Waals surface area contributed by atoms with Crippen LogP contribution in [0.2, 0.25) is 0 Å². The van der Waals surface area contributed by atoms with Crippen LogP contribution in [0.25, 0.3) is 93.6 Å². The van der Waals surface area contributed by atoms with Gasteiger partial charge in [0.25, 0.3) is 0 Å². The van der Waals surface area contributed by atoms with E-state index in [9.17, 15) is 0 Å². The summed E-state index contributed by atoms with van der Waals surface area (Å²) in [5, 5.41) is 7.00. The van der Waals surface area contributed by atoms with Gasteiger partial charge < -0.3 is 13.9 Å². The molecule has 12 rings (SSSR count). The van der Waals surface area contributed by atoms with Gasteiger partial charge in [0.05, 0.1) is 16.7 Å². The minimum absolute atomic E-state index is 0.858. The van der Waals surface area contributed by atoms with Gasteiger partial charge in [0.15, 0.2) is 5.58 Å². The van der Waals surface area contributed by atoms with Gasteiger partial charge in [0, 0.05) is 44.0 Å². The summed E-state index contributed by atoms with van der Waals surface area (Å²) < 4.78 is 9.31. The lowest BCUT2D eigenvalue weighted by Gasteiger charge is -2.26. The fourth-order valence-corrected chi connectivity index (χ4v) is 9.25. The first kappa shape index (κ1) is 34.9. The van der Waals surface area contributed by atoms with Crippen molar-refractivity contribution in [1.29, 1.82) is 0 Å². The molecule has 10 aromatic carbocycles. The molecule has 3 heteroatoms. The van der Waals surface area contributed by atoms with Crippen molar-refractivity contribution in [2.45, 2.75) is 0 Å². The molecule has 0 amide bonds. The Kier molecular flexibility index (Phi) is 8.17. The van der Waals surface area contributed by atoms with Crippen LogP contribution < -0.4 is 4.90 Å². The molecule has 2 heterocycles. The van der Waals surface area contributed by atoms with Gasteiger partial charge in [-0.2, -0.15) is 0 Å². The van der Waals surface area contributed by atoms with Gasteiger partial charge in [0.2, 0.25) is 0 Å². The van der Waals surface area contributed by atoms with E-state index in [2.05, 4.69) is 240 Å². The lowest BCUT2D eigenvalue weighted by molar-refractivity contribution is 0.673. The predicted molar refractivity (Wildman–Crippen MR) is 257 cm³/mol. The third-order valence-corrected chi connectivity index (χ3v) is 12.2.